The number of piperidine rings is 1. The second-order valence-corrected chi connectivity index (χ2v) is 6.19. The number of rotatable bonds is 6. The van der Waals surface area contributed by atoms with Gasteiger partial charge in [0.2, 0.25) is 5.91 Å². The fourth-order valence-electron chi connectivity index (χ4n) is 2.94. The van der Waals surface area contributed by atoms with Crippen LogP contribution in [0.2, 0.25) is 0 Å². The molecule has 0 radical (unpaired) electrons. The van der Waals surface area contributed by atoms with E-state index in [1.165, 1.54) is 16.1 Å². The van der Waals surface area contributed by atoms with Crippen molar-refractivity contribution < 1.29 is 23.9 Å². The van der Waals surface area contributed by atoms with Gasteiger partial charge in [-0.3, -0.25) is 14.4 Å². The molecule has 7 nitrogen and oxygen atoms in total. The summed E-state index contributed by atoms with van der Waals surface area (Å²) in [7, 11) is 1.57. The van der Waals surface area contributed by atoms with Crippen LogP contribution in [0.25, 0.3) is 0 Å². The quantitative estimate of drug-likeness (QED) is 0.852. The minimum Gasteiger partial charge on any atom is -0.481 e. The maximum absolute atomic E-state index is 12.5. The second-order valence-electron chi connectivity index (χ2n) is 6.19. The van der Waals surface area contributed by atoms with Gasteiger partial charge in [0.15, 0.2) is 0 Å². The van der Waals surface area contributed by atoms with Crippen LogP contribution < -0.4 is 0 Å². The van der Waals surface area contributed by atoms with Crippen LogP contribution in [0.4, 0.5) is 0 Å². The molecule has 1 N–H and O–H groups in total. The van der Waals surface area contributed by atoms with E-state index < -0.39 is 11.9 Å². The molecule has 1 aliphatic heterocycles. The van der Waals surface area contributed by atoms with Crippen molar-refractivity contribution in [1.29, 1.82) is 0 Å². The summed E-state index contributed by atoms with van der Waals surface area (Å²) in [5, 5.41) is 9.10. The van der Waals surface area contributed by atoms with Crippen LogP contribution in [-0.2, 0) is 16.0 Å². The first-order valence-electron chi connectivity index (χ1n) is 8.26. The van der Waals surface area contributed by atoms with Crippen LogP contribution in [0.1, 0.15) is 42.3 Å². The van der Waals surface area contributed by atoms with E-state index in [1.54, 1.807) is 13.1 Å². The first-order valence-corrected chi connectivity index (χ1v) is 8.26. The number of likely N-dealkylation sites (tertiary alicyclic amines) is 1. The molecule has 1 saturated heterocycles. The van der Waals surface area contributed by atoms with Gasteiger partial charge in [-0.2, -0.15) is 0 Å². The number of furan rings is 1. The first kappa shape index (κ1) is 18.0. The molecule has 1 aromatic heterocycles. The molecule has 2 heterocycles. The Morgan fingerprint density at radius 1 is 1.42 bits per heavy atom. The summed E-state index contributed by atoms with van der Waals surface area (Å²) in [5.74, 6) is -1.25. The average Bonchev–Trinajstić information content (AvgIpc) is 3.02. The number of nitrogens with zero attached hydrogens (tertiary/aromatic N) is 2. The summed E-state index contributed by atoms with van der Waals surface area (Å²) < 4.78 is 5.33. The highest BCUT2D eigenvalue weighted by Gasteiger charge is 2.29. The monoisotopic (exact) mass is 336 g/mol. The maximum Gasteiger partial charge on any atom is 0.308 e. The third-order valence-electron chi connectivity index (χ3n) is 4.30. The molecule has 7 heteroatoms. The molecule has 1 fully saturated rings. The molecule has 1 aromatic rings. The molecule has 2 amide bonds. The number of hydrogen-bond acceptors (Lipinski definition) is 4. The summed E-state index contributed by atoms with van der Waals surface area (Å²) in [5.41, 5.74) is 0.481. The number of carbonyl (C=O) groups is 3. The van der Waals surface area contributed by atoms with E-state index in [2.05, 4.69) is 0 Å². The van der Waals surface area contributed by atoms with Gasteiger partial charge in [-0.05, 0) is 25.3 Å². The lowest BCUT2D eigenvalue weighted by atomic mass is 9.98. The number of amides is 2. The molecule has 0 aromatic carbocycles. The SMILES string of the molecule is CCCc1occc1C(=O)N(C)CC(=O)N1CCCC(C(=O)O)C1. The van der Waals surface area contributed by atoms with Crippen molar-refractivity contribution in [1.82, 2.24) is 9.80 Å². The molecular formula is C17H24N2O5. The zero-order valence-electron chi connectivity index (χ0n) is 14.2. The second kappa shape index (κ2) is 7.99. The highest BCUT2D eigenvalue weighted by Crippen LogP contribution is 2.18. The Kier molecular flexibility index (Phi) is 6.00. The first-order chi connectivity index (χ1) is 11.4. The van der Waals surface area contributed by atoms with Gasteiger partial charge in [-0.1, -0.05) is 6.92 Å². The Labute approximate surface area is 141 Å². The smallest absolute Gasteiger partial charge is 0.308 e. The van der Waals surface area contributed by atoms with Crippen LogP contribution in [-0.4, -0.2) is 59.4 Å². The summed E-state index contributed by atoms with van der Waals surface area (Å²) in [4.78, 5) is 38.9. The fourth-order valence-corrected chi connectivity index (χ4v) is 2.94. The van der Waals surface area contributed by atoms with Crippen LogP contribution in [0.15, 0.2) is 16.7 Å². The summed E-state index contributed by atoms with van der Waals surface area (Å²) in [6, 6.07) is 1.62. The average molecular weight is 336 g/mol. The molecule has 0 aliphatic carbocycles. The summed E-state index contributed by atoms with van der Waals surface area (Å²) in [6.07, 6.45) is 4.27. The van der Waals surface area contributed by atoms with E-state index in [-0.39, 0.29) is 24.9 Å². The third-order valence-corrected chi connectivity index (χ3v) is 4.30. The molecule has 132 valence electrons. The van der Waals surface area contributed by atoms with Crippen molar-refractivity contribution in [2.45, 2.75) is 32.6 Å². The fraction of sp³-hybridized carbons (Fsp3) is 0.588. The molecule has 1 aliphatic rings. The summed E-state index contributed by atoms with van der Waals surface area (Å²) >= 11 is 0. The lowest BCUT2D eigenvalue weighted by Crippen LogP contribution is -2.46. The Morgan fingerprint density at radius 2 is 2.17 bits per heavy atom. The van der Waals surface area contributed by atoms with Crippen molar-refractivity contribution in [2.75, 3.05) is 26.7 Å². The Hall–Kier alpha value is -2.31. The van der Waals surface area contributed by atoms with E-state index >= 15 is 0 Å². The normalized spacial score (nSPS) is 17.6. The van der Waals surface area contributed by atoms with Gasteiger partial charge in [-0.25, -0.2) is 0 Å². The Bertz CT molecular complexity index is 610. The molecular weight excluding hydrogens is 312 g/mol. The van der Waals surface area contributed by atoms with Crippen molar-refractivity contribution in [3.63, 3.8) is 0 Å². The van der Waals surface area contributed by atoms with E-state index in [0.29, 0.717) is 37.1 Å². The van der Waals surface area contributed by atoms with Gasteiger partial charge < -0.3 is 19.3 Å². The van der Waals surface area contributed by atoms with Crippen molar-refractivity contribution in [3.8, 4) is 0 Å². The largest absolute Gasteiger partial charge is 0.481 e. The molecule has 0 saturated carbocycles. The van der Waals surface area contributed by atoms with Crippen molar-refractivity contribution in [3.05, 3.63) is 23.7 Å². The van der Waals surface area contributed by atoms with E-state index in [4.69, 9.17) is 9.52 Å². The highest BCUT2D eigenvalue weighted by atomic mass is 16.4. The molecule has 1 atom stereocenters. The third kappa shape index (κ3) is 4.15. The Morgan fingerprint density at radius 3 is 2.83 bits per heavy atom. The van der Waals surface area contributed by atoms with E-state index in [0.717, 1.165) is 6.42 Å². The zero-order chi connectivity index (χ0) is 17.7. The van der Waals surface area contributed by atoms with E-state index in [1.807, 2.05) is 6.92 Å². The van der Waals surface area contributed by atoms with Gasteiger partial charge in [-0.15, -0.1) is 0 Å². The molecule has 0 bridgehead atoms. The zero-order valence-corrected chi connectivity index (χ0v) is 14.2. The lowest BCUT2D eigenvalue weighted by Gasteiger charge is -2.32. The standard InChI is InChI=1S/C17H24N2O5/c1-3-5-14-13(7-9-24-14)16(21)18(2)11-15(20)19-8-4-6-12(10-19)17(22)23/h7,9,12H,3-6,8,10-11H2,1-2H3,(H,22,23). The van der Waals surface area contributed by atoms with E-state index in [9.17, 15) is 14.4 Å². The van der Waals surface area contributed by atoms with Gasteiger partial charge in [0.25, 0.3) is 5.91 Å². The number of carbonyl (C=O) groups excluding carboxylic acids is 2. The topological polar surface area (TPSA) is 91.1 Å². The van der Waals surface area contributed by atoms with Crippen LogP contribution in [0.3, 0.4) is 0 Å². The molecule has 0 spiro atoms. The number of carboxylic acid groups (broad SMARTS) is 1. The van der Waals surface area contributed by atoms with Crippen molar-refractivity contribution in [2.24, 2.45) is 5.92 Å². The van der Waals surface area contributed by atoms with Crippen LogP contribution >= 0.6 is 0 Å². The number of hydrogen-bond donors (Lipinski definition) is 1. The number of aliphatic carboxylic acids is 1. The van der Waals surface area contributed by atoms with Gasteiger partial charge in [0, 0.05) is 26.6 Å². The predicted molar refractivity (Wildman–Crippen MR) is 86.6 cm³/mol. The molecule has 2 rings (SSSR count). The van der Waals surface area contributed by atoms with Crippen molar-refractivity contribution >= 4 is 17.8 Å². The van der Waals surface area contributed by atoms with Gasteiger partial charge in [0.05, 0.1) is 24.3 Å². The Balaban J connectivity index is 1.96. The van der Waals surface area contributed by atoms with Crippen LogP contribution in [0.5, 0.6) is 0 Å². The number of carboxylic acids is 1. The molecule has 1 unspecified atom stereocenters. The van der Waals surface area contributed by atoms with Crippen LogP contribution in [0, 0.1) is 5.92 Å². The maximum atomic E-state index is 12.5. The minimum absolute atomic E-state index is 0.0675. The number of aryl methyl sites for hydroxylation is 1. The molecule has 24 heavy (non-hydrogen) atoms. The minimum atomic E-state index is -0.875. The highest BCUT2D eigenvalue weighted by molar-refractivity contribution is 5.97. The number of likely N-dealkylation sites (N-methyl/N-ethyl adjacent to an activating group) is 1. The summed E-state index contributed by atoms with van der Waals surface area (Å²) in [6.45, 7) is 2.68. The predicted octanol–water partition coefficient (Wildman–Crippen LogP) is 1.63. The lowest BCUT2D eigenvalue weighted by molar-refractivity contribution is -0.145. The van der Waals surface area contributed by atoms with Gasteiger partial charge >= 0.3 is 5.97 Å². The van der Waals surface area contributed by atoms with Gasteiger partial charge in [0.1, 0.15) is 5.76 Å².